The fourth-order valence-electron chi connectivity index (χ4n) is 2.35. The number of para-hydroxylation sites is 1. The van der Waals surface area contributed by atoms with Crippen LogP contribution in [0.2, 0.25) is 0 Å². The van der Waals surface area contributed by atoms with E-state index in [9.17, 15) is 4.79 Å². The molecule has 0 aliphatic carbocycles. The van der Waals surface area contributed by atoms with Crippen LogP contribution >= 0.6 is 15.9 Å². The predicted molar refractivity (Wildman–Crippen MR) is 86.3 cm³/mol. The van der Waals surface area contributed by atoms with E-state index in [0.717, 1.165) is 21.5 Å². The third-order valence-electron chi connectivity index (χ3n) is 3.52. The van der Waals surface area contributed by atoms with Gasteiger partial charge in [0.1, 0.15) is 12.4 Å². The second kappa shape index (κ2) is 5.77. The largest absolute Gasteiger partial charge is 0.492 e. The molecule has 0 saturated heterocycles. The highest BCUT2D eigenvalue weighted by atomic mass is 79.9. The van der Waals surface area contributed by atoms with Crippen LogP contribution in [0.3, 0.4) is 0 Å². The molecule has 2 aromatic carbocycles. The summed E-state index contributed by atoms with van der Waals surface area (Å²) >= 11 is 3.35. The smallest absolute Gasteiger partial charge is 0.231 e. The monoisotopic (exact) mass is 346 g/mol. The van der Waals surface area contributed by atoms with Gasteiger partial charge in [-0.3, -0.25) is 4.79 Å². The van der Waals surface area contributed by atoms with Crippen LogP contribution in [0.15, 0.2) is 46.9 Å². The third-order valence-corrected chi connectivity index (χ3v) is 4.20. The first-order valence-electron chi connectivity index (χ1n) is 6.70. The number of fused-ring (bicyclic) bond motifs is 1. The highest BCUT2D eigenvalue weighted by Crippen LogP contribution is 2.28. The van der Waals surface area contributed by atoms with E-state index in [2.05, 4.69) is 21.2 Å². The van der Waals surface area contributed by atoms with Gasteiger partial charge in [0.25, 0.3) is 0 Å². The molecule has 0 spiro atoms. The van der Waals surface area contributed by atoms with Crippen LogP contribution in [-0.2, 0) is 11.2 Å². The van der Waals surface area contributed by atoms with Crippen LogP contribution in [0.4, 0.5) is 11.4 Å². The lowest BCUT2D eigenvalue weighted by molar-refractivity contribution is -0.121. The zero-order valence-electron chi connectivity index (χ0n) is 11.3. The highest BCUT2D eigenvalue weighted by molar-refractivity contribution is 9.10. The molecule has 3 rings (SSSR count). The van der Waals surface area contributed by atoms with Gasteiger partial charge in [-0.05, 0) is 52.2 Å². The van der Waals surface area contributed by atoms with E-state index in [4.69, 9.17) is 10.5 Å². The molecule has 1 amide bonds. The number of hydrogen-bond acceptors (Lipinski definition) is 3. The SMILES string of the molecule is Nc1ccc(NC(=O)C2COc3ccccc3C2)cc1Br. The summed E-state index contributed by atoms with van der Waals surface area (Å²) in [5, 5.41) is 2.91. The molecule has 0 radical (unpaired) electrons. The van der Waals surface area contributed by atoms with Crippen molar-refractivity contribution in [2.45, 2.75) is 6.42 Å². The molecule has 0 saturated carbocycles. The van der Waals surface area contributed by atoms with E-state index >= 15 is 0 Å². The minimum Gasteiger partial charge on any atom is -0.492 e. The van der Waals surface area contributed by atoms with Crippen molar-refractivity contribution in [2.75, 3.05) is 17.7 Å². The van der Waals surface area contributed by atoms with Gasteiger partial charge < -0.3 is 15.8 Å². The maximum atomic E-state index is 12.3. The lowest BCUT2D eigenvalue weighted by Crippen LogP contribution is -2.32. The van der Waals surface area contributed by atoms with Gasteiger partial charge in [0.05, 0.1) is 5.92 Å². The van der Waals surface area contributed by atoms with Crippen LogP contribution in [-0.4, -0.2) is 12.5 Å². The van der Waals surface area contributed by atoms with Gasteiger partial charge in [-0.25, -0.2) is 0 Å². The molecule has 1 atom stereocenters. The van der Waals surface area contributed by atoms with Crippen molar-refractivity contribution in [3.8, 4) is 5.75 Å². The molecule has 0 bridgehead atoms. The van der Waals surface area contributed by atoms with Crippen molar-refractivity contribution < 1.29 is 9.53 Å². The standard InChI is InChI=1S/C16H15BrN2O2/c17-13-8-12(5-6-14(13)18)19-16(20)11-7-10-3-1-2-4-15(10)21-9-11/h1-6,8,11H,7,9,18H2,(H,19,20). The van der Waals surface area contributed by atoms with Crippen LogP contribution in [0.25, 0.3) is 0 Å². The quantitative estimate of drug-likeness (QED) is 0.820. The summed E-state index contributed by atoms with van der Waals surface area (Å²) in [7, 11) is 0. The lowest BCUT2D eigenvalue weighted by atomic mass is 9.96. The van der Waals surface area contributed by atoms with Crippen molar-refractivity contribution in [3.05, 3.63) is 52.5 Å². The summed E-state index contributed by atoms with van der Waals surface area (Å²) in [4.78, 5) is 12.3. The number of benzene rings is 2. The second-order valence-corrected chi connectivity index (χ2v) is 5.90. The van der Waals surface area contributed by atoms with E-state index in [1.807, 2.05) is 24.3 Å². The first-order chi connectivity index (χ1) is 10.1. The first kappa shape index (κ1) is 13.9. The van der Waals surface area contributed by atoms with Crippen LogP contribution in [0, 0.1) is 5.92 Å². The molecule has 0 fully saturated rings. The van der Waals surface area contributed by atoms with Crippen molar-refractivity contribution in [1.82, 2.24) is 0 Å². The highest BCUT2D eigenvalue weighted by Gasteiger charge is 2.25. The van der Waals surface area contributed by atoms with Gasteiger partial charge in [0, 0.05) is 15.8 Å². The molecule has 3 N–H and O–H groups in total. The Hall–Kier alpha value is -2.01. The topological polar surface area (TPSA) is 64.3 Å². The summed E-state index contributed by atoms with van der Waals surface area (Å²) in [6.45, 7) is 0.402. The number of anilines is 2. The van der Waals surface area contributed by atoms with Crippen molar-refractivity contribution in [3.63, 3.8) is 0 Å². The number of nitrogen functional groups attached to an aromatic ring is 1. The number of hydrogen-bond donors (Lipinski definition) is 2. The third kappa shape index (κ3) is 3.03. The Labute approximate surface area is 131 Å². The average molecular weight is 347 g/mol. The molecule has 21 heavy (non-hydrogen) atoms. The van der Waals surface area contributed by atoms with Crippen molar-refractivity contribution >= 4 is 33.2 Å². The van der Waals surface area contributed by atoms with E-state index in [1.54, 1.807) is 18.2 Å². The Balaban J connectivity index is 1.70. The molecule has 1 heterocycles. The maximum Gasteiger partial charge on any atom is 0.231 e. The molecule has 2 aromatic rings. The number of nitrogens with one attached hydrogen (secondary N) is 1. The predicted octanol–water partition coefficient (Wildman–Crippen LogP) is 3.22. The molecule has 108 valence electrons. The summed E-state index contributed by atoms with van der Waals surface area (Å²) in [6, 6.07) is 13.2. The Morgan fingerprint density at radius 2 is 2.10 bits per heavy atom. The summed E-state index contributed by atoms with van der Waals surface area (Å²) in [5.41, 5.74) is 8.17. The minimum atomic E-state index is -0.184. The number of carbonyl (C=O) groups excluding carboxylic acids is 1. The van der Waals surface area contributed by atoms with Crippen LogP contribution in [0.1, 0.15) is 5.56 Å². The van der Waals surface area contributed by atoms with Crippen molar-refractivity contribution in [2.24, 2.45) is 5.92 Å². The van der Waals surface area contributed by atoms with Gasteiger partial charge in [0.15, 0.2) is 0 Å². The number of nitrogens with two attached hydrogens (primary N) is 1. The summed E-state index contributed by atoms with van der Waals surface area (Å²) in [6.07, 6.45) is 0.693. The second-order valence-electron chi connectivity index (χ2n) is 5.05. The van der Waals surface area contributed by atoms with E-state index < -0.39 is 0 Å². The number of rotatable bonds is 2. The minimum absolute atomic E-state index is 0.0406. The van der Waals surface area contributed by atoms with E-state index in [0.29, 0.717) is 18.7 Å². The fourth-order valence-corrected chi connectivity index (χ4v) is 2.72. The van der Waals surface area contributed by atoms with Crippen LogP contribution in [0.5, 0.6) is 5.75 Å². The number of amides is 1. The zero-order valence-corrected chi connectivity index (χ0v) is 12.9. The molecular formula is C16H15BrN2O2. The molecular weight excluding hydrogens is 332 g/mol. The Kier molecular flexibility index (Phi) is 3.84. The Morgan fingerprint density at radius 3 is 2.90 bits per heavy atom. The molecule has 0 aromatic heterocycles. The van der Waals surface area contributed by atoms with Crippen molar-refractivity contribution in [1.29, 1.82) is 0 Å². The fraction of sp³-hybridized carbons (Fsp3) is 0.188. The number of carbonyl (C=O) groups is 1. The maximum absolute atomic E-state index is 12.3. The van der Waals surface area contributed by atoms with Gasteiger partial charge >= 0.3 is 0 Å². The Bertz CT molecular complexity index is 688. The first-order valence-corrected chi connectivity index (χ1v) is 7.49. The van der Waals surface area contributed by atoms with Gasteiger partial charge in [-0.2, -0.15) is 0 Å². The lowest BCUT2D eigenvalue weighted by Gasteiger charge is -2.24. The van der Waals surface area contributed by atoms with Crippen LogP contribution < -0.4 is 15.8 Å². The average Bonchev–Trinajstić information content (AvgIpc) is 2.50. The number of halogens is 1. The Morgan fingerprint density at radius 1 is 1.29 bits per heavy atom. The number of ether oxygens (including phenoxy) is 1. The molecule has 4 nitrogen and oxygen atoms in total. The van der Waals surface area contributed by atoms with E-state index in [1.165, 1.54) is 0 Å². The molecule has 1 unspecified atom stereocenters. The molecule has 1 aliphatic rings. The van der Waals surface area contributed by atoms with Gasteiger partial charge in [-0.1, -0.05) is 18.2 Å². The molecule has 5 heteroatoms. The zero-order chi connectivity index (χ0) is 14.8. The van der Waals surface area contributed by atoms with Gasteiger partial charge in [-0.15, -0.1) is 0 Å². The normalized spacial score (nSPS) is 16.7. The summed E-state index contributed by atoms with van der Waals surface area (Å²) < 4.78 is 6.42. The van der Waals surface area contributed by atoms with Gasteiger partial charge in [0.2, 0.25) is 5.91 Å². The summed E-state index contributed by atoms with van der Waals surface area (Å²) in [5.74, 6) is 0.647. The molecule has 1 aliphatic heterocycles. The van der Waals surface area contributed by atoms with E-state index in [-0.39, 0.29) is 11.8 Å².